The second kappa shape index (κ2) is 5.46. The number of urea groups is 1. The molecule has 3 N–H and O–H groups in total. The van der Waals surface area contributed by atoms with Gasteiger partial charge in [0.15, 0.2) is 5.75 Å². The van der Waals surface area contributed by atoms with Crippen molar-refractivity contribution < 1.29 is 9.53 Å². The lowest BCUT2D eigenvalue weighted by Gasteiger charge is -2.10. The minimum Gasteiger partial charge on any atom is -0.455 e. The molecule has 2 aromatic rings. The van der Waals surface area contributed by atoms with Gasteiger partial charge in [0.25, 0.3) is 0 Å². The van der Waals surface area contributed by atoms with Crippen molar-refractivity contribution in [2.75, 3.05) is 16.4 Å². The molecule has 0 aromatic heterocycles. The molecule has 112 valence electrons. The van der Waals surface area contributed by atoms with Gasteiger partial charge in [-0.25, -0.2) is 4.79 Å². The van der Waals surface area contributed by atoms with E-state index in [0.717, 1.165) is 34.2 Å². The van der Waals surface area contributed by atoms with Crippen molar-refractivity contribution in [2.24, 2.45) is 0 Å². The second-order valence-electron chi connectivity index (χ2n) is 5.19. The molecule has 1 atom stereocenters. The molecule has 2 aliphatic rings. The van der Waals surface area contributed by atoms with Crippen LogP contribution in [0.3, 0.4) is 0 Å². The maximum atomic E-state index is 11.8. The zero-order chi connectivity index (χ0) is 14.9. The van der Waals surface area contributed by atoms with Crippen LogP contribution in [0.15, 0.2) is 42.5 Å². The third-order valence-corrected chi connectivity index (χ3v) is 4.30. The van der Waals surface area contributed by atoms with Crippen LogP contribution in [0.1, 0.15) is 5.56 Å². The zero-order valence-electron chi connectivity index (χ0n) is 11.8. The van der Waals surface area contributed by atoms with Gasteiger partial charge in [0.05, 0.1) is 11.1 Å². The molecule has 1 saturated heterocycles. The van der Waals surface area contributed by atoms with Crippen molar-refractivity contribution in [3.8, 4) is 11.5 Å². The molecule has 2 aromatic carbocycles. The highest BCUT2D eigenvalue weighted by Gasteiger charge is 2.24. The highest BCUT2D eigenvalue weighted by molar-refractivity contribution is 8.06. The average molecular weight is 313 g/mol. The summed E-state index contributed by atoms with van der Waals surface area (Å²) < 4.78 is 5.94. The number of amides is 2. The van der Waals surface area contributed by atoms with Gasteiger partial charge in [-0.05, 0) is 30.3 Å². The van der Waals surface area contributed by atoms with Gasteiger partial charge in [-0.3, -0.25) is 0 Å². The molecule has 0 aliphatic carbocycles. The van der Waals surface area contributed by atoms with E-state index in [4.69, 9.17) is 4.74 Å². The quantitative estimate of drug-likeness (QED) is 0.741. The Kier molecular flexibility index (Phi) is 3.31. The number of rotatable bonds is 2. The molecule has 1 fully saturated rings. The number of hydrogen-bond acceptors (Lipinski definition) is 4. The molecule has 0 bridgehead atoms. The largest absolute Gasteiger partial charge is 0.455 e. The van der Waals surface area contributed by atoms with Crippen LogP contribution in [-0.4, -0.2) is 17.2 Å². The fourth-order valence-corrected chi connectivity index (χ4v) is 2.72. The van der Waals surface area contributed by atoms with E-state index in [-0.39, 0.29) is 11.4 Å². The van der Waals surface area contributed by atoms with E-state index in [9.17, 15) is 4.79 Å². The molecule has 4 rings (SSSR count). The fourth-order valence-electron chi connectivity index (χ4n) is 2.35. The number of nitrogens with one attached hydrogen (secondary N) is 3. The third-order valence-electron chi connectivity index (χ3n) is 3.52. The molecular formula is C16H15N3O2S. The van der Waals surface area contributed by atoms with Gasteiger partial charge in [-0.2, -0.15) is 0 Å². The number of para-hydroxylation sites is 2. The number of fused-ring (bicyclic) bond motifs is 2. The Morgan fingerprint density at radius 2 is 2.09 bits per heavy atom. The molecule has 5 nitrogen and oxygen atoms in total. The molecule has 0 spiro atoms. The fraction of sp³-hybridized carbons (Fsp3) is 0.188. The van der Waals surface area contributed by atoms with Crippen LogP contribution in [-0.2, 0) is 6.54 Å². The summed E-state index contributed by atoms with van der Waals surface area (Å²) in [4.78, 5) is 11.8. The van der Waals surface area contributed by atoms with E-state index in [1.54, 1.807) is 11.8 Å². The predicted octanol–water partition coefficient (Wildman–Crippen LogP) is 3.60. The number of hydrogen-bond donors (Lipinski definition) is 3. The molecule has 2 heterocycles. The van der Waals surface area contributed by atoms with E-state index in [0.29, 0.717) is 6.54 Å². The number of carbonyl (C=O) groups is 1. The summed E-state index contributed by atoms with van der Waals surface area (Å²) >= 11 is 1.72. The van der Waals surface area contributed by atoms with E-state index < -0.39 is 0 Å². The Bertz CT molecular complexity index is 731. The topological polar surface area (TPSA) is 62.4 Å². The van der Waals surface area contributed by atoms with Crippen molar-refractivity contribution in [1.82, 2.24) is 5.32 Å². The highest BCUT2D eigenvalue weighted by Crippen LogP contribution is 2.36. The number of carbonyl (C=O) groups excluding carboxylic acids is 1. The predicted molar refractivity (Wildman–Crippen MR) is 88.7 cm³/mol. The Balaban J connectivity index is 1.53. The second-order valence-corrected chi connectivity index (χ2v) is 6.43. The normalized spacial score (nSPS) is 17.9. The summed E-state index contributed by atoms with van der Waals surface area (Å²) in [6, 6.07) is 13.4. The van der Waals surface area contributed by atoms with Gasteiger partial charge in [-0.1, -0.05) is 12.1 Å². The molecule has 2 amide bonds. The van der Waals surface area contributed by atoms with Crippen molar-refractivity contribution >= 4 is 29.2 Å². The molecule has 1 unspecified atom stereocenters. The molecule has 6 heteroatoms. The SMILES string of the molecule is O=C(Nc1ccc2c(c1)CNc1ccccc1O2)NC1CS1. The van der Waals surface area contributed by atoms with Crippen LogP contribution in [0.25, 0.3) is 0 Å². The number of thioether (sulfide) groups is 1. The molecule has 0 saturated carbocycles. The van der Waals surface area contributed by atoms with E-state index in [2.05, 4.69) is 16.0 Å². The van der Waals surface area contributed by atoms with Gasteiger partial charge >= 0.3 is 6.03 Å². The summed E-state index contributed by atoms with van der Waals surface area (Å²) in [5.41, 5.74) is 2.74. The monoisotopic (exact) mass is 313 g/mol. The maximum absolute atomic E-state index is 11.8. The summed E-state index contributed by atoms with van der Waals surface area (Å²) in [5, 5.41) is 9.34. The Morgan fingerprint density at radius 1 is 1.23 bits per heavy atom. The summed E-state index contributed by atoms with van der Waals surface area (Å²) in [5.74, 6) is 2.61. The first-order chi connectivity index (χ1) is 10.8. The van der Waals surface area contributed by atoms with Gasteiger partial charge in [0, 0.05) is 23.5 Å². The Morgan fingerprint density at radius 3 is 2.95 bits per heavy atom. The standard InChI is InChI=1S/C16H15N3O2S/c20-16(19-15-9-22-15)18-11-5-6-13-10(7-11)8-17-12-3-1-2-4-14(12)21-13/h1-7,15,17H,8-9H2,(H2,18,19,20). The van der Waals surface area contributed by atoms with Crippen LogP contribution in [0.2, 0.25) is 0 Å². The third kappa shape index (κ3) is 2.82. The maximum Gasteiger partial charge on any atom is 0.320 e. The van der Waals surface area contributed by atoms with Crippen LogP contribution in [0.4, 0.5) is 16.2 Å². The van der Waals surface area contributed by atoms with Crippen molar-refractivity contribution in [3.63, 3.8) is 0 Å². The van der Waals surface area contributed by atoms with Gasteiger partial charge in [0.1, 0.15) is 5.75 Å². The lowest BCUT2D eigenvalue weighted by molar-refractivity contribution is 0.252. The molecule has 22 heavy (non-hydrogen) atoms. The van der Waals surface area contributed by atoms with Crippen LogP contribution in [0, 0.1) is 0 Å². The minimum atomic E-state index is -0.166. The lowest BCUT2D eigenvalue weighted by Crippen LogP contribution is -2.30. The average Bonchev–Trinajstić information content (AvgIpc) is 3.33. The summed E-state index contributed by atoms with van der Waals surface area (Å²) in [6.45, 7) is 0.655. The molecule has 0 radical (unpaired) electrons. The Hall–Kier alpha value is -2.34. The Labute approximate surface area is 132 Å². The first-order valence-electron chi connectivity index (χ1n) is 7.11. The summed E-state index contributed by atoms with van der Waals surface area (Å²) in [6.07, 6.45) is 0. The van der Waals surface area contributed by atoms with Crippen LogP contribution in [0.5, 0.6) is 11.5 Å². The van der Waals surface area contributed by atoms with Crippen molar-refractivity contribution in [1.29, 1.82) is 0 Å². The van der Waals surface area contributed by atoms with Crippen molar-refractivity contribution in [2.45, 2.75) is 11.9 Å². The van der Waals surface area contributed by atoms with E-state index in [1.165, 1.54) is 0 Å². The van der Waals surface area contributed by atoms with E-state index in [1.807, 2.05) is 42.5 Å². The number of anilines is 2. The van der Waals surface area contributed by atoms with Crippen LogP contribution >= 0.6 is 11.8 Å². The minimum absolute atomic E-state index is 0.166. The molecular weight excluding hydrogens is 298 g/mol. The van der Waals surface area contributed by atoms with E-state index >= 15 is 0 Å². The summed E-state index contributed by atoms with van der Waals surface area (Å²) in [7, 11) is 0. The molecule has 2 aliphatic heterocycles. The number of benzene rings is 2. The van der Waals surface area contributed by atoms with Gasteiger partial charge in [-0.15, -0.1) is 11.8 Å². The number of ether oxygens (including phenoxy) is 1. The highest BCUT2D eigenvalue weighted by atomic mass is 32.2. The van der Waals surface area contributed by atoms with Crippen LogP contribution < -0.4 is 20.7 Å². The zero-order valence-corrected chi connectivity index (χ0v) is 12.6. The van der Waals surface area contributed by atoms with Crippen molar-refractivity contribution in [3.05, 3.63) is 48.0 Å². The smallest absolute Gasteiger partial charge is 0.320 e. The van der Waals surface area contributed by atoms with Gasteiger partial charge < -0.3 is 20.7 Å². The van der Waals surface area contributed by atoms with Gasteiger partial charge in [0.2, 0.25) is 0 Å². The lowest BCUT2D eigenvalue weighted by atomic mass is 10.1. The first-order valence-corrected chi connectivity index (χ1v) is 8.15. The first kappa shape index (κ1) is 13.3.